The van der Waals surface area contributed by atoms with Crippen molar-refractivity contribution in [1.82, 2.24) is 10.2 Å². The minimum absolute atomic E-state index is 0.0395. The molecule has 1 aromatic heterocycles. The van der Waals surface area contributed by atoms with Crippen molar-refractivity contribution in [2.45, 2.75) is 26.3 Å². The first-order valence-corrected chi connectivity index (χ1v) is 7.25. The first-order chi connectivity index (χ1) is 8.60. The predicted molar refractivity (Wildman–Crippen MR) is 75.4 cm³/mol. The Bertz CT molecular complexity index is 544. The molecule has 0 aliphatic carbocycles. The summed E-state index contributed by atoms with van der Waals surface area (Å²) in [5.41, 5.74) is 0.990. The predicted octanol–water partition coefficient (Wildman–Crippen LogP) is 4.18. The van der Waals surface area contributed by atoms with E-state index in [1.807, 2.05) is 13.8 Å². The molecule has 96 valence electrons. The maximum atomic E-state index is 13.0. The molecule has 0 saturated heterocycles. The van der Waals surface area contributed by atoms with E-state index in [1.165, 1.54) is 12.1 Å². The summed E-state index contributed by atoms with van der Waals surface area (Å²) in [7, 11) is 0. The fraction of sp³-hybridized carbons (Fsp3) is 0.333. The number of halogens is 2. The highest BCUT2D eigenvalue weighted by Gasteiger charge is 2.12. The Morgan fingerprint density at radius 3 is 2.83 bits per heavy atom. The summed E-state index contributed by atoms with van der Waals surface area (Å²) in [5, 5.41) is 13.2. The average Bonchev–Trinajstić information content (AvgIpc) is 2.76. The first-order valence-electron chi connectivity index (χ1n) is 5.64. The lowest BCUT2D eigenvalue weighted by atomic mass is 10.1. The molecule has 1 unspecified atom stereocenters. The van der Waals surface area contributed by atoms with Crippen LogP contribution in [0.1, 0.15) is 30.5 Å². The van der Waals surface area contributed by atoms with Gasteiger partial charge in [-0.1, -0.05) is 40.3 Å². The molecule has 1 atom stereocenters. The zero-order valence-electron chi connectivity index (χ0n) is 10.1. The second-order valence-electron chi connectivity index (χ2n) is 3.89. The Labute approximate surface area is 118 Å². The van der Waals surface area contributed by atoms with Crippen molar-refractivity contribution in [3.8, 4) is 0 Å². The molecule has 0 amide bonds. The van der Waals surface area contributed by atoms with E-state index >= 15 is 0 Å². The first kappa shape index (κ1) is 13.4. The van der Waals surface area contributed by atoms with Crippen molar-refractivity contribution in [3.63, 3.8) is 0 Å². The lowest BCUT2D eigenvalue weighted by Crippen LogP contribution is -2.07. The molecule has 3 nitrogen and oxygen atoms in total. The second-order valence-corrected chi connectivity index (χ2v) is 5.80. The van der Waals surface area contributed by atoms with Crippen molar-refractivity contribution in [2.75, 3.05) is 5.32 Å². The van der Waals surface area contributed by atoms with Crippen molar-refractivity contribution < 1.29 is 4.39 Å². The number of aromatic nitrogens is 2. The highest BCUT2D eigenvalue weighted by molar-refractivity contribution is 9.10. The lowest BCUT2D eigenvalue weighted by Gasteiger charge is -2.14. The average molecular weight is 330 g/mol. The summed E-state index contributed by atoms with van der Waals surface area (Å²) >= 11 is 4.91. The molecule has 2 rings (SSSR count). The third-order valence-electron chi connectivity index (χ3n) is 2.54. The van der Waals surface area contributed by atoms with E-state index in [1.54, 1.807) is 17.4 Å². The van der Waals surface area contributed by atoms with Gasteiger partial charge in [-0.25, -0.2) is 4.39 Å². The Hall–Kier alpha value is -1.01. The summed E-state index contributed by atoms with van der Waals surface area (Å²) in [6, 6.07) is 4.72. The molecule has 0 aliphatic heterocycles. The van der Waals surface area contributed by atoms with Crippen molar-refractivity contribution in [1.29, 1.82) is 0 Å². The molecule has 0 radical (unpaired) electrons. The molecule has 1 heterocycles. The molecule has 1 aromatic carbocycles. The number of benzene rings is 1. The zero-order chi connectivity index (χ0) is 13.1. The summed E-state index contributed by atoms with van der Waals surface area (Å²) in [4.78, 5) is 0. The quantitative estimate of drug-likeness (QED) is 0.914. The third kappa shape index (κ3) is 3.05. The minimum Gasteiger partial charge on any atom is -0.354 e. The molecule has 0 aliphatic rings. The maximum Gasteiger partial charge on any atom is 0.206 e. The molecule has 0 spiro atoms. The van der Waals surface area contributed by atoms with Crippen LogP contribution in [0.5, 0.6) is 0 Å². The van der Waals surface area contributed by atoms with Crippen molar-refractivity contribution >= 4 is 32.4 Å². The van der Waals surface area contributed by atoms with E-state index in [0.717, 1.165) is 26.6 Å². The number of aryl methyl sites for hydroxylation is 1. The fourth-order valence-electron chi connectivity index (χ4n) is 1.57. The monoisotopic (exact) mass is 329 g/mol. The maximum absolute atomic E-state index is 13.0. The normalized spacial score (nSPS) is 12.4. The topological polar surface area (TPSA) is 37.8 Å². The molecule has 18 heavy (non-hydrogen) atoms. The number of rotatable bonds is 4. The molecular formula is C12H13BrFN3S. The van der Waals surface area contributed by atoms with Crippen LogP contribution in [0.15, 0.2) is 22.7 Å². The molecular weight excluding hydrogens is 317 g/mol. The summed E-state index contributed by atoms with van der Waals surface area (Å²) < 4.78 is 13.8. The third-order valence-corrected chi connectivity index (χ3v) is 4.22. The number of anilines is 1. The summed E-state index contributed by atoms with van der Waals surface area (Å²) in [6.07, 6.45) is 0.883. The van der Waals surface area contributed by atoms with E-state index in [4.69, 9.17) is 0 Å². The van der Waals surface area contributed by atoms with Crippen LogP contribution in [0.3, 0.4) is 0 Å². The lowest BCUT2D eigenvalue weighted by molar-refractivity contribution is 0.625. The molecule has 2 aromatic rings. The second kappa shape index (κ2) is 5.75. The van der Waals surface area contributed by atoms with Crippen LogP contribution in [0.4, 0.5) is 9.52 Å². The van der Waals surface area contributed by atoms with Gasteiger partial charge in [0.25, 0.3) is 0 Å². The highest BCUT2D eigenvalue weighted by atomic mass is 79.9. The Morgan fingerprint density at radius 1 is 1.44 bits per heavy atom. The SMILES string of the molecule is CCc1nnc(NC(C)c2ccc(F)cc2Br)s1. The molecule has 6 heteroatoms. The van der Waals surface area contributed by atoms with Crippen LogP contribution in [0.2, 0.25) is 0 Å². The van der Waals surface area contributed by atoms with Crippen LogP contribution >= 0.6 is 27.3 Å². The van der Waals surface area contributed by atoms with Gasteiger partial charge in [0.05, 0.1) is 6.04 Å². The minimum atomic E-state index is -0.248. The van der Waals surface area contributed by atoms with Crippen LogP contribution in [0.25, 0.3) is 0 Å². The van der Waals surface area contributed by atoms with Crippen LogP contribution in [-0.4, -0.2) is 10.2 Å². The standard InChI is InChI=1S/C12H13BrFN3S/c1-3-11-16-17-12(18-11)15-7(2)9-5-4-8(14)6-10(9)13/h4-7H,3H2,1-2H3,(H,15,17). The van der Waals surface area contributed by atoms with Gasteiger partial charge in [-0.3, -0.25) is 0 Å². The Morgan fingerprint density at radius 2 is 2.22 bits per heavy atom. The summed E-state index contributed by atoms with van der Waals surface area (Å²) in [5.74, 6) is -0.248. The number of hydrogen-bond acceptors (Lipinski definition) is 4. The van der Waals surface area contributed by atoms with Gasteiger partial charge in [-0.05, 0) is 31.0 Å². The van der Waals surface area contributed by atoms with E-state index in [2.05, 4.69) is 31.4 Å². The van der Waals surface area contributed by atoms with Gasteiger partial charge in [-0.15, -0.1) is 10.2 Å². The van der Waals surface area contributed by atoms with Gasteiger partial charge in [0.1, 0.15) is 10.8 Å². The fourth-order valence-corrected chi connectivity index (χ4v) is 3.03. The molecule has 0 bridgehead atoms. The molecule has 1 N–H and O–H groups in total. The van der Waals surface area contributed by atoms with Crippen molar-refractivity contribution in [2.24, 2.45) is 0 Å². The van der Waals surface area contributed by atoms with Gasteiger partial charge < -0.3 is 5.32 Å². The Balaban J connectivity index is 2.13. The van der Waals surface area contributed by atoms with Gasteiger partial charge in [-0.2, -0.15) is 0 Å². The number of nitrogens with zero attached hydrogens (tertiary/aromatic N) is 2. The Kier molecular flexibility index (Phi) is 4.29. The largest absolute Gasteiger partial charge is 0.354 e. The van der Waals surface area contributed by atoms with Crippen molar-refractivity contribution in [3.05, 3.63) is 39.1 Å². The zero-order valence-corrected chi connectivity index (χ0v) is 12.5. The molecule has 0 saturated carbocycles. The van der Waals surface area contributed by atoms with E-state index in [0.29, 0.717) is 0 Å². The van der Waals surface area contributed by atoms with E-state index in [9.17, 15) is 4.39 Å². The van der Waals surface area contributed by atoms with Gasteiger partial charge >= 0.3 is 0 Å². The molecule has 0 fully saturated rings. The number of nitrogens with one attached hydrogen (secondary N) is 1. The highest BCUT2D eigenvalue weighted by Crippen LogP contribution is 2.28. The summed E-state index contributed by atoms with van der Waals surface area (Å²) in [6.45, 7) is 4.05. The number of hydrogen-bond donors (Lipinski definition) is 1. The van der Waals surface area contributed by atoms with Crippen LogP contribution < -0.4 is 5.32 Å². The van der Waals surface area contributed by atoms with Gasteiger partial charge in [0.2, 0.25) is 5.13 Å². The van der Waals surface area contributed by atoms with Gasteiger partial charge in [0.15, 0.2) is 0 Å². The van der Waals surface area contributed by atoms with Crippen LogP contribution in [0, 0.1) is 5.82 Å². The van der Waals surface area contributed by atoms with Gasteiger partial charge in [0, 0.05) is 4.47 Å². The smallest absolute Gasteiger partial charge is 0.206 e. The van der Waals surface area contributed by atoms with Crippen LogP contribution in [-0.2, 0) is 6.42 Å². The van der Waals surface area contributed by atoms with E-state index < -0.39 is 0 Å². The van der Waals surface area contributed by atoms with E-state index in [-0.39, 0.29) is 11.9 Å².